The normalized spacial score (nSPS) is 17.2. The fourth-order valence-corrected chi connectivity index (χ4v) is 3.55. The summed E-state index contributed by atoms with van der Waals surface area (Å²) in [6.07, 6.45) is 3.60. The lowest BCUT2D eigenvalue weighted by Crippen LogP contribution is -2.07. The minimum Gasteiger partial charge on any atom is -0.495 e. The molecule has 1 aliphatic rings. The van der Waals surface area contributed by atoms with Crippen molar-refractivity contribution in [1.82, 2.24) is 19.5 Å². The van der Waals surface area contributed by atoms with Crippen LogP contribution in [0.2, 0.25) is 5.28 Å². The van der Waals surface area contributed by atoms with Crippen LogP contribution >= 0.6 is 27.5 Å². The van der Waals surface area contributed by atoms with Crippen molar-refractivity contribution in [2.75, 3.05) is 19.0 Å². The van der Waals surface area contributed by atoms with Crippen LogP contribution in [0.1, 0.15) is 19.1 Å². The van der Waals surface area contributed by atoms with Crippen LogP contribution in [0.15, 0.2) is 29.0 Å². The number of benzene rings is 1. The number of ether oxygens (including phenoxy) is 2. The zero-order chi connectivity index (χ0) is 17.4. The molecule has 1 N–H and O–H groups in total. The molecule has 130 valence electrons. The standard InChI is InChI=1S/C16H15BrClN5O2/c1-24-10-5-2-4-9(12(10)17)20-14-13-15(22-16(18)21-14)23(8-19-13)11-6-3-7-25-11/h2,4-5,8,11H,3,6-7H2,1H3,(H,20,21,22). The molecule has 3 aromatic rings. The van der Waals surface area contributed by atoms with Crippen molar-refractivity contribution in [3.63, 3.8) is 0 Å². The van der Waals surface area contributed by atoms with Crippen molar-refractivity contribution in [1.29, 1.82) is 0 Å². The Morgan fingerprint density at radius 1 is 1.40 bits per heavy atom. The Labute approximate surface area is 157 Å². The van der Waals surface area contributed by atoms with Crippen LogP contribution in [0, 0.1) is 0 Å². The Morgan fingerprint density at radius 3 is 3.04 bits per heavy atom. The lowest BCUT2D eigenvalue weighted by molar-refractivity contribution is 0.0593. The highest BCUT2D eigenvalue weighted by Crippen LogP contribution is 2.35. The summed E-state index contributed by atoms with van der Waals surface area (Å²) in [4.78, 5) is 13.1. The summed E-state index contributed by atoms with van der Waals surface area (Å²) < 4.78 is 13.7. The second-order valence-corrected chi connectivity index (χ2v) is 6.71. The number of methoxy groups -OCH3 is 1. The molecule has 1 fully saturated rings. The largest absolute Gasteiger partial charge is 0.495 e. The Morgan fingerprint density at radius 2 is 2.28 bits per heavy atom. The van der Waals surface area contributed by atoms with E-state index in [4.69, 9.17) is 21.1 Å². The minimum absolute atomic E-state index is 0.0626. The van der Waals surface area contributed by atoms with Gasteiger partial charge >= 0.3 is 0 Å². The number of halogens is 2. The number of rotatable bonds is 4. The fourth-order valence-electron chi connectivity index (χ4n) is 2.86. The van der Waals surface area contributed by atoms with Crippen LogP contribution in [0.5, 0.6) is 5.75 Å². The molecule has 1 unspecified atom stereocenters. The monoisotopic (exact) mass is 423 g/mol. The Kier molecular flexibility index (Phi) is 4.49. The molecule has 0 amide bonds. The van der Waals surface area contributed by atoms with Gasteiger partial charge in [0.2, 0.25) is 5.28 Å². The van der Waals surface area contributed by atoms with E-state index >= 15 is 0 Å². The smallest absolute Gasteiger partial charge is 0.226 e. The van der Waals surface area contributed by atoms with Crippen molar-refractivity contribution in [2.24, 2.45) is 0 Å². The lowest BCUT2D eigenvalue weighted by Gasteiger charge is -2.13. The first-order chi connectivity index (χ1) is 12.2. The summed E-state index contributed by atoms with van der Waals surface area (Å²) in [6.45, 7) is 0.741. The third-order valence-corrected chi connectivity index (χ3v) is 5.03. The van der Waals surface area contributed by atoms with Gasteiger partial charge < -0.3 is 14.8 Å². The van der Waals surface area contributed by atoms with Gasteiger partial charge in [-0.3, -0.25) is 4.57 Å². The van der Waals surface area contributed by atoms with Crippen LogP contribution in [-0.2, 0) is 4.74 Å². The van der Waals surface area contributed by atoms with E-state index in [1.165, 1.54) is 0 Å². The van der Waals surface area contributed by atoms with E-state index in [0.717, 1.165) is 29.6 Å². The second-order valence-electron chi connectivity index (χ2n) is 5.58. The first kappa shape index (κ1) is 16.6. The van der Waals surface area contributed by atoms with Gasteiger partial charge in [0.25, 0.3) is 0 Å². The Bertz CT molecular complexity index is 926. The molecule has 0 bridgehead atoms. The quantitative estimate of drug-likeness (QED) is 0.629. The molecule has 1 aliphatic heterocycles. The van der Waals surface area contributed by atoms with E-state index < -0.39 is 0 Å². The Balaban J connectivity index is 1.77. The van der Waals surface area contributed by atoms with Gasteiger partial charge in [0, 0.05) is 6.61 Å². The predicted molar refractivity (Wildman–Crippen MR) is 98.5 cm³/mol. The second kappa shape index (κ2) is 6.78. The molecule has 1 saturated heterocycles. The van der Waals surface area contributed by atoms with Crippen LogP contribution < -0.4 is 10.1 Å². The maximum absolute atomic E-state index is 6.14. The van der Waals surface area contributed by atoms with Gasteiger partial charge in [-0.2, -0.15) is 9.97 Å². The third kappa shape index (κ3) is 3.05. The summed E-state index contributed by atoms with van der Waals surface area (Å²) in [7, 11) is 1.62. The molecule has 4 rings (SSSR count). The van der Waals surface area contributed by atoms with Gasteiger partial charge in [-0.05, 0) is 52.5 Å². The van der Waals surface area contributed by atoms with Gasteiger partial charge in [-0.1, -0.05) is 6.07 Å². The summed E-state index contributed by atoms with van der Waals surface area (Å²) in [6, 6.07) is 5.66. The molecule has 3 heterocycles. The van der Waals surface area contributed by atoms with Gasteiger partial charge in [0.1, 0.15) is 12.0 Å². The number of hydrogen-bond donors (Lipinski definition) is 1. The topological polar surface area (TPSA) is 74.1 Å². The number of nitrogens with one attached hydrogen (secondary N) is 1. The van der Waals surface area contributed by atoms with Crippen LogP contribution in [0.3, 0.4) is 0 Å². The fraction of sp³-hybridized carbons (Fsp3) is 0.312. The molecule has 0 radical (unpaired) electrons. The third-order valence-electron chi connectivity index (χ3n) is 4.05. The van der Waals surface area contributed by atoms with Crippen LogP contribution in [0.25, 0.3) is 11.2 Å². The number of aromatic nitrogens is 4. The first-order valence-corrected chi connectivity index (χ1v) is 8.95. The number of hydrogen-bond acceptors (Lipinski definition) is 6. The van der Waals surface area contributed by atoms with E-state index in [1.807, 2.05) is 22.8 Å². The van der Waals surface area contributed by atoms with Crippen LogP contribution in [-0.4, -0.2) is 33.2 Å². The van der Waals surface area contributed by atoms with Gasteiger partial charge in [0.05, 0.1) is 23.6 Å². The molecule has 25 heavy (non-hydrogen) atoms. The molecule has 2 aromatic heterocycles. The zero-order valence-corrected chi connectivity index (χ0v) is 15.7. The molecule has 0 aliphatic carbocycles. The lowest BCUT2D eigenvalue weighted by atomic mass is 10.3. The van der Waals surface area contributed by atoms with E-state index in [0.29, 0.717) is 22.7 Å². The summed E-state index contributed by atoms with van der Waals surface area (Å²) in [5, 5.41) is 3.40. The van der Waals surface area contributed by atoms with E-state index in [1.54, 1.807) is 13.4 Å². The molecule has 0 spiro atoms. The van der Waals surface area contributed by atoms with Gasteiger partial charge in [0.15, 0.2) is 17.0 Å². The first-order valence-electron chi connectivity index (χ1n) is 7.78. The molecular formula is C16H15BrClN5O2. The molecular weight excluding hydrogens is 410 g/mol. The van der Waals surface area contributed by atoms with Crippen molar-refractivity contribution >= 4 is 50.2 Å². The van der Waals surface area contributed by atoms with E-state index in [9.17, 15) is 0 Å². The molecule has 9 heteroatoms. The highest BCUT2D eigenvalue weighted by atomic mass is 79.9. The summed E-state index contributed by atoms with van der Waals surface area (Å²) in [5.41, 5.74) is 2.07. The highest BCUT2D eigenvalue weighted by molar-refractivity contribution is 9.10. The van der Waals surface area contributed by atoms with Crippen molar-refractivity contribution in [3.05, 3.63) is 34.3 Å². The maximum Gasteiger partial charge on any atom is 0.226 e. The van der Waals surface area contributed by atoms with Gasteiger partial charge in [-0.25, -0.2) is 4.98 Å². The van der Waals surface area contributed by atoms with Crippen molar-refractivity contribution < 1.29 is 9.47 Å². The average Bonchev–Trinajstić information content (AvgIpc) is 3.25. The van der Waals surface area contributed by atoms with Crippen LogP contribution in [0.4, 0.5) is 11.5 Å². The van der Waals surface area contributed by atoms with Gasteiger partial charge in [-0.15, -0.1) is 0 Å². The summed E-state index contributed by atoms with van der Waals surface area (Å²) in [5.74, 6) is 1.24. The summed E-state index contributed by atoms with van der Waals surface area (Å²) >= 11 is 9.67. The maximum atomic E-state index is 6.14. The van der Waals surface area contributed by atoms with Crippen molar-refractivity contribution in [2.45, 2.75) is 19.1 Å². The molecule has 0 saturated carbocycles. The number of nitrogens with zero attached hydrogens (tertiary/aromatic N) is 4. The number of fused-ring (bicyclic) bond motifs is 1. The Hall–Kier alpha value is -1.90. The zero-order valence-electron chi connectivity index (χ0n) is 13.4. The molecule has 1 aromatic carbocycles. The SMILES string of the molecule is COc1cccc(Nc2nc(Cl)nc3c2ncn3C2CCCO2)c1Br. The number of imidazole rings is 1. The molecule has 1 atom stereocenters. The van der Waals surface area contributed by atoms with E-state index in [2.05, 4.69) is 36.2 Å². The number of anilines is 2. The predicted octanol–water partition coefficient (Wildman–Crippen LogP) is 4.30. The van der Waals surface area contributed by atoms with Crippen molar-refractivity contribution in [3.8, 4) is 5.75 Å². The average molecular weight is 425 g/mol. The van der Waals surface area contributed by atoms with E-state index in [-0.39, 0.29) is 11.5 Å². The molecule has 7 nitrogen and oxygen atoms in total. The highest BCUT2D eigenvalue weighted by Gasteiger charge is 2.22. The minimum atomic E-state index is -0.0626.